The summed E-state index contributed by atoms with van der Waals surface area (Å²) >= 11 is 0. The van der Waals surface area contributed by atoms with Crippen molar-refractivity contribution in [1.29, 1.82) is 0 Å². The first-order chi connectivity index (χ1) is 14.6. The molecule has 2 aromatic heterocycles. The number of benzene rings is 1. The van der Waals surface area contributed by atoms with Gasteiger partial charge in [-0.25, -0.2) is 8.78 Å². The molecule has 0 N–H and O–H groups in total. The third kappa shape index (κ3) is 4.22. The zero-order valence-corrected chi connectivity index (χ0v) is 17.9. The number of esters is 1. The monoisotopic (exact) mass is 430 g/mol. The number of rotatable bonds is 6. The SMILES string of the molecule is Cc1ccccc1C1(c2noc(-c3cc(C(F)F)n(CC(=O)OC(C)(C)C)n3)n2)CC1. The van der Waals surface area contributed by atoms with Gasteiger partial charge in [0.05, 0.1) is 5.41 Å². The number of nitrogens with zero attached hydrogens (tertiary/aromatic N) is 4. The minimum Gasteiger partial charge on any atom is -0.459 e. The first-order valence-electron chi connectivity index (χ1n) is 10.1. The van der Waals surface area contributed by atoms with Crippen molar-refractivity contribution in [3.8, 4) is 11.6 Å². The number of halogens is 2. The van der Waals surface area contributed by atoms with Gasteiger partial charge in [-0.15, -0.1) is 0 Å². The largest absolute Gasteiger partial charge is 0.459 e. The van der Waals surface area contributed by atoms with Crippen LogP contribution in [0.4, 0.5) is 8.78 Å². The van der Waals surface area contributed by atoms with Crippen molar-refractivity contribution in [3.05, 3.63) is 53.0 Å². The number of hydrogen-bond acceptors (Lipinski definition) is 6. The van der Waals surface area contributed by atoms with Gasteiger partial charge in [-0.1, -0.05) is 29.4 Å². The highest BCUT2D eigenvalue weighted by Gasteiger charge is 2.50. The molecule has 1 saturated carbocycles. The molecule has 0 radical (unpaired) electrons. The van der Waals surface area contributed by atoms with Gasteiger partial charge in [0.2, 0.25) is 0 Å². The van der Waals surface area contributed by atoms with E-state index in [4.69, 9.17) is 9.26 Å². The van der Waals surface area contributed by atoms with Crippen molar-refractivity contribution in [2.45, 2.75) is 64.5 Å². The van der Waals surface area contributed by atoms with E-state index in [0.29, 0.717) is 5.82 Å². The van der Waals surface area contributed by atoms with Crippen LogP contribution >= 0.6 is 0 Å². The third-order valence-corrected chi connectivity index (χ3v) is 5.22. The van der Waals surface area contributed by atoms with Crippen molar-refractivity contribution in [1.82, 2.24) is 19.9 Å². The van der Waals surface area contributed by atoms with Gasteiger partial charge < -0.3 is 9.26 Å². The van der Waals surface area contributed by atoms with Gasteiger partial charge in [-0.3, -0.25) is 9.48 Å². The van der Waals surface area contributed by atoms with E-state index in [1.54, 1.807) is 20.8 Å². The van der Waals surface area contributed by atoms with E-state index in [2.05, 4.69) is 15.2 Å². The van der Waals surface area contributed by atoms with Crippen LogP contribution in [0.15, 0.2) is 34.9 Å². The number of alkyl halides is 2. The Hall–Kier alpha value is -3.10. The molecule has 0 bridgehead atoms. The molecule has 1 aromatic carbocycles. The molecule has 7 nitrogen and oxygen atoms in total. The predicted octanol–water partition coefficient (Wildman–Crippen LogP) is 4.60. The van der Waals surface area contributed by atoms with Crippen molar-refractivity contribution >= 4 is 5.97 Å². The average molecular weight is 430 g/mol. The summed E-state index contributed by atoms with van der Waals surface area (Å²) in [5, 5.41) is 8.24. The molecule has 0 aliphatic heterocycles. The summed E-state index contributed by atoms with van der Waals surface area (Å²) in [6.45, 7) is 6.70. The fourth-order valence-corrected chi connectivity index (χ4v) is 3.70. The highest BCUT2D eigenvalue weighted by atomic mass is 19.3. The molecule has 2 heterocycles. The minimum absolute atomic E-state index is 0.0414. The second kappa shape index (κ2) is 7.55. The molecule has 31 heavy (non-hydrogen) atoms. The molecule has 0 atom stereocenters. The quantitative estimate of drug-likeness (QED) is 0.532. The summed E-state index contributed by atoms with van der Waals surface area (Å²) in [6, 6.07) is 9.18. The molecule has 1 aliphatic rings. The topological polar surface area (TPSA) is 83.0 Å². The van der Waals surface area contributed by atoms with Crippen LogP contribution in [-0.2, 0) is 21.5 Å². The highest BCUT2D eigenvalue weighted by molar-refractivity contribution is 5.70. The Morgan fingerprint density at radius 2 is 2.00 bits per heavy atom. The van der Waals surface area contributed by atoms with Crippen LogP contribution in [0.3, 0.4) is 0 Å². The summed E-state index contributed by atoms with van der Waals surface area (Å²) < 4.78 is 38.6. The first-order valence-corrected chi connectivity index (χ1v) is 10.1. The summed E-state index contributed by atoms with van der Waals surface area (Å²) in [4.78, 5) is 16.6. The Morgan fingerprint density at radius 1 is 1.29 bits per heavy atom. The van der Waals surface area contributed by atoms with Crippen molar-refractivity contribution in [2.75, 3.05) is 0 Å². The van der Waals surface area contributed by atoms with Crippen molar-refractivity contribution in [2.24, 2.45) is 0 Å². The minimum atomic E-state index is -2.83. The van der Waals surface area contributed by atoms with Crippen LogP contribution in [0.1, 0.15) is 62.7 Å². The number of aromatic nitrogens is 4. The Balaban J connectivity index is 1.62. The molecular formula is C22H24F2N4O3. The summed E-state index contributed by atoms with van der Waals surface area (Å²) in [5.74, 6) is -0.108. The fraction of sp³-hybridized carbons (Fsp3) is 0.455. The smallest absolute Gasteiger partial charge is 0.328 e. The number of carbonyl (C=O) groups excluding carboxylic acids is 1. The van der Waals surface area contributed by atoms with Crippen molar-refractivity contribution < 1.29 is 22.8 Å². The number of ether oxygens (including phenoxy) is 1. The Kier molecular flexibility index (Phi) is 5.15. The van der Waals surface area contributed by atoms with Crippen molar-refractivity contribution in [3.63, 3.8) is 0 Å². The fourth-order valence-electron chi connectivity index (χ4n) is 3.70. The Morgan fingerprint density at radius 3 is 2.61 bits per heavy atom. The van der Waals surface area contributed by atoms with E-state index in [9.17, 15) is 13.6 Å². The molecule has 0 spiro atoms. The Labute approximate surface area is 178 Å². The standard InChI is InChI=1S/C22H24F2N4O3/c1-13-7-5-6-8-14(13)22(9-10-22)20-25-19(31-27-20)15-11-16(18(23)24)28(26-15)12-17(29)30-21(2,3)4/h5-8,11,18H,9-10,12H2,1-4H3. The zero-order valence-electron chi connectivity index (χ0n) is 17.9. The Bertz CT molecular complexity index is 1110. The van der Waals surface area contributed by atoms with Crippen LogP contribution in [0.5, 0.6) is 0 Å². The molecule has 164 valence electrons. The molecular weight excluding hydrogens is 406 g/mol. The predicted molar refractivity (Wildman–Crippen MR) is 108 cm³/mol. The highest BCUT2D eigenvalue weighted by Crippen LogP contribution is 2.53. The first kappa shape index (κ1) is 21.1. The van der Waals surface area contributed by atoms with E-state index in [1.165, 1.54) is 6.07 Å². The molecule has 0 saturated heterocycles. The van der Waals surface area contributed by atoms with Gasteiger partial charge in [0.25, 0.3) is 12.3 Å². The summed E-state index contributed by atoms with van der Waals surface area (Å²) in [7, 11) is 0. The van der Waals surface area contributed by atoms with Crippen LogP contribution in [-0.4, -0.2) is 31.5 Å². The van der Waals surface area contributed by atoms with Crippen LogP contribution in [0.2, 0.25) is 0 Å². The van der Waals surface area contributed by atoms with E-state index in [1.807, 2.05) is 31.2 Å². The molecule has 3 aromatic rings. The lowest BCUT2D eigenvalue weighted by Crippen LogP contribution is -2.27. The molecule has 0 unspecified atom stereocenters. The number of hydrogen-bond donors (Lipinski definition) is 0. The second-order valence-corrected chi connectivity index (χ2v) is 8.82. The summed E-state index contributed by atoms with van der Waals surface area (Å²) in [5.41, 5.74) is 0.892. The third-order valence-electron chi connectivity index (χ3n) is 5.22. The lowest BCUT2D eigenvalue weighted by Gasteiger charge is -2.19. The maximum Gasteiger partial charge on any atom is 0.328 e. The van der Waals surface area contributed by atoms with Gasteiger partial charge in [-0.05, 0) is 57.7 Å². The van der Waals surface area contributed by atoms with Crippen LogP contribution < -0.4 is 0 Å². The van der Waals surface area contributed by atoms with E-state index in [-0.39, 0.29) is 17.0 Å². The lowest BCUT2D eigenvalue weighted by molar-refractivity contribution is -0.155. The molecule has 1 aliphatic carbocycles. The second-order valence-electron chi connectivity index (χ2n) is 8.82. The molecule has 1 fully saturated rings. The normalized spacial score (nSPS) is 15.3. The average Bonchev–Trinajstić information content (AvgIpc) is 3.12. The van der Waals surface area contributed by atoms with E-state index in [0.717, 1.165) is 28.7 Å². The van der Waals surface area contributed by atoms with E-state index < -0.39 is 30.2 Å². The number of carbonyl (C=O) groups is 1. The zero-order chi connectivity index (χ0) is 22.4. The van der Waals surface area contributed by atoms with E-state index >= 15 is 0 Å². The maximum atomic E-state index is 13.5. The summed E-state index contributed by atoms with van der Waals surface area (Å²) in [6.07, 6.45) is -1.06. The molecule has 0 amide bonds. The lowest BCUT2D eigenvalue weighted by atomic mass is 9.91. The van der Waals surface area contributed by atoms with Crippen LogP contribution in [0.25, 0.3) is 11.6 Å². The van der Waals surface area contributed by atoms with Gasteiger partial charge in [0.1, 0.15) is 17.8 Å². The van der Waals surface area contributed by atoms with Crippen LogP contribution in [0, 0.1) is 6.92 Å². The number of aryl methyl sites for hydroxylation is 1. The maximum absolute atomic E-state index is 13.5. The van der Waals surface area contributed by atoms with Gasteiger partial charge >= 0.3 is 5.97 Å². The molecule has 9 heteroatoms. The molecule has 4 rings (SSSR count). The van der Waals surface area contributed by atoms with Gasteiger partial charge in [-0.2, -0.15) is 10.1 Å². The van der Waals surface area contributed by atoms with Gasteiger partial charge in [0, 0.05) is 0 Å². The van der Waals surface area contributed by atoms with Gasteiger partial charge in [0.15, 0.2) is 11.5 Å².